The van der Waals surface area contributed by atoms with Gasteiger partial charge in [-0.1, -0.05) is 6.07 Å². The number of hydrogen-bond acceptors (Lipinski definition) is 5. The lowest BCUT2D eigenvalue weighted by Crippen LogP contribution is -2.31. The number of nitrogens with one attached hydrogen (secondary N) is 1. The Morgan fingerprint density at radius 3 is 2.57 bits per heavy atom. The van der Waals surface area contributed by atoms with E-state index >= 15 is 0 Å². The molecule has 0 aliphatic rings. The Kier molecular flexibility index (Phi) is 4.72. The minimum atomic E-state index is -1.92. The molecule has 0 radical (unpaired) electrons. The molecule has 9 heteroatoms. The van der Waals surface area contributed by atoms with Crippen LogP contribution in [0.3, 0.4) is 0 Å². The molecule has 2 rings (SSSR count). The van der Waals surface area contributed by atoms with Crippen LogP contribution in [0.5, 0.6) is 0 Å². The normalized spacial score (nSPS) is 10.3. The lowest BCUT2D eigenvalue weighted by molar-refractivity contribution is -0.385. The molecule has 0 saturated carbocycles. The van der Waals surface area contributed by atoms with E-state index in [0.29, 0.717) is 5.56 Å². The topological polar surface area (TPSA) is 113 Å². The van der Waals surface area contributed by atoms with Gasteiger partial charge in [-0.05, 0) is 36.7 Å². The Labute approximate surface area is 130 Å². The number of carbonyl (C=O) groups is 1. The highest BCUT2D eigenvalue weighted by molar-refractivity contribution is 6.58. The molecule has 2 aromatic carbocycles. The van der Waals surface area contributed by atoms with E-state index in [1.54, 1.807) is 6.92 Å². The number of nitro groups is 1. The van der Waals surface area contributed by atoms with Gasteiger partial charge in [0.25, 0.3) is 11.6 Å². The van der Waals surface area contributed by atoms with E-state index < -0.39 is 23.8 Å². The summed E-state index contributed by atoms with van der Waals surface area (Å²) in [4.78, 5) is 22.4. The number of carbonyl (C=O) groups excluding carboxylic acids is 1. The minimum Gasteiger partial charge on any atom is -0.423 e. The van der Waals surface area contributed by atoms with Gasteiger partial charge >= 0.3 is 7.12 Å². The van der Waals surface area contributed by atoms with Gasteiger partial charge in [-0.2, -0.15) is 0 Å². The first-order chi connectivity index (χ1) is 10.8. The second-order valence-electron chi connectivity index (χ2n) is 4.86. The number of anilines is 1. The number of nitro benzene ring substituents is 1. The van der Waals surface area contributed by atoms with Gasteiger partial charge in [-0.25, -0.2) is 4.39 Å². The summed E-state index contributed by atoms with van der Waals surface area (Å²) in [6.07, 6.45) is 0. The summed E-state index contributed by atoms with van der Waals surface area (Å²) in [5.41, 5.74) is 0.127. The molecule has 0 aromatic heterocycles. The maximum absolute atomic E-state index is 13.4. The van der Waals surface area contributed by atoms with Crippen LogP contribution in [0.25, 0.3) is 0 Å². The third kappa shape index (κ3) is 3.90. The molecule has 0 fully saturated rings. The highest BCUT2D eigenvalue weighted by Crippen LogP contribution is 2.22. The Bertz CT molecular complexity index is 782. The van der Waals surface area contributed by atoms with Crippen molar-refractivity contribution in [3.8, 4) is 0 Å². The summed E-state index contributed by atoms with van der Waals surface area (Å²) in [6, 6.07) is 7.06. The van der Waals surface area contributed by atoms with Crippen LogP contribution >= 0.6 is 0 Å². The highest BCUT2D eigenvalue weighted by atomic mass is 19.1. The van der Waals surface area contributed by atoms with Crippen molar-refractivity contribution in [1.29, 1.82) is 0 Å². The van der Waals surface area contributed by atoms with Gasteiger partial charge in [0.05, 0.1) is 4.92 Å². The second kappa shape index (κ2) is 6.55. The summed E-state index contributed by atoms with van der Waals surface area (Å²) in [5, 5.41) is 31.4. The molecule has 118 valence electrons. The second-order valence-corrected chi connectivity index (χ2v) is 4.86. The first kappa shape index (κ1) is 16.6. The SMILES string of the molecule is Cc1ccc(NC(=O)c2cc(F)cc(B(O)O)c2)cc1[N+](=O)[O-]. The zero-order valence-electron chi connectivity index (χ0n) is 12.0. The summed E-state index contributed by atoms with van der Waals surface area (Å²) in [6.45, 7) is 1.56. The van der Waals surface area contributed by atoms with Crippen LogP contribution in [-0.2, 0) is 0 Å². The maximum Gasteiger partial charge on any atom is 0.488 e. The van der Waals surface area contributed by atoms with Gasteiger partial charge in [0.15, 0.2) is 0 Å². The molecule has 0 atom stereocenters. The molecular formula is C14H12BFN2O5. The third-order valence-electron chi connectivity index (χ3n) is 3.14. The van der Waals surface area contributed by atoms with E-state index in [2.05, 4.69) is 5.32 Å². The van der Waals surface area contributed by atoms with E-state index in [-0.39, 0.29) is 22.4 Å². The molecule has 0 saturated heterocycles. The van der Waals surface area contributed by atoms with Crippen LogP contribution < -0.4 is 10.8 Å². The molecule has 0 unspecified atom stereocenters. The van der Waals surface area contributed by atoms with Gasteiger partial charge in [-0.15, -0.1) is 0 Å². The smallest absolute Gasteiger partial charge is 0.423 e. The first-order valence-electron chi connectivity index (χ1n) is 6.51. The van der Waals surface area contributed by atoms with Crippen LogP contribution in [-0.4, -0.2) is 28.0 Å². The molecule has 7 nitrogen and oxygen atoms in total. The van der Waals surface area contributed by atoms with Crippen LogP contribution in [0.2, 0.25) is 0 Å². The zero-order valence-corrected chi connectivity index (χ0v) is 12.0. The van der Waals surface area contributed by atoms with Crippen molar-refractivity contribution in [3.05, 3.63) is 63.5 Å². The summed E-state index contributed by atoms with van der Waals surface area (Å²) >= 11 is 0. The number of benzene rings is 2. The Balaban J connectivity index is 2.29. The fourth-order valence-corrected chi connectivity index (χ4v) is 1.98. The fraction of sp³-hybridized carbons (Fsp3) is 0.0714. The van der Waals surface area contributed by atoms with Crippen molar-refractivity contribution in [2.75, 3.05) is 5.32 Å². The molecule has 23 heavy (non-hydrogen) atoms. The standard InChI is InChI=1S/C14H12BFN2O5/c1-8-2-3-12(7-13(8)18(22)23)17-14(19)9-4-10(15(20)21)6-11(16)5-9/h2-7,20-21H,1H3,(H,17,19). The summed E-state index contributed by atoms with van der Waals surface area (Å²) in [7, 11) is -1.92. The summed E-state index contributed by atoms with van der Waals surface area (Å²) in [5.74, 6) is -1.54. The van der Waals surface area contributed by atoms with Gasteiger partial charge < -0.3 is 15.4 Å². The Morgan fingerprint density at radius 1 is 1.26 bits per heavy atom. The van der Waals surface area contributed by atoms with Crippen LogP contribution in [0.15, 0.2) is 36.4 Å². The van der Waals surface area contributed by atoms with Crippen molar-refractivity contribution in [2.45, 2.75) is 6.92 Å². The van der Waals surface area contributed by atoms with Crippen molar-refractivity contribution < 1.29 is 24.2 Å². The first-order valence-corrected chi connectivity index (χ1v) is 6.51. The van der Waals surface area contributed by atoms with Crippen LogP contribution in [0.1, 0.15) is 15.9 Å². The average molecular weight is 318 g/mol. The van der Waals surface area contributed by atoms with Gasteiger partial charge in [-0.3, -0.25) is 14.9 Å². The molecule has 2 aromatic rings. The minimum absolute atomic E-state index is 0.142. The number of hydrogen-bond donors (Lipinski definition) is 3. The van der Waals surface area contributed by atoms with E-state index in [1.165, 1.54) is 18.2 Å². The van der Waals surface area contributed by atoms with Gasteiger partial charge in [0, 0.05) is 22.9 Å². The molecule has 0 aliphatic carbocycles. The van der Waals surface area contributed by atoms with E-state index in [0.717, 1.165) is 18.2 Å². The quantitative estimate of drug-likeness (QED) is 0.442. The van der Waals surface area contributed by atoms with Crippen molar-refractivity contribution in [2.24, 2.45) is 0 Å². The lowest BCUT2D eigenvalue weighted by atomic mass is 9.79. The maximum atomic E-state index is 13.4. The molecule has 0 heterocycles. The Hall–Kier alpha value is -2.78. The highest BCUT2D eigenvalue weighted by Gasteiger charge is 2.17. The molecule has 0 spiro atoms. The summed E-state index contributed by atoms with van der Waals surface area (Å²) < 4.78 is 13.4. The molecule has 3 N–H and O–H groups in total. The van der Waals surface area contributed by atoms with Crippen LogP contribution in [0.4, 0.5) is 15.8 Å². The number of aryl methyl sites for hydroxylation is 1. The van der Waals surface area contributed by atoms with Gasteiger partial charge in [0.2, 0.25) is 0 Å². The van der Waals surface area contributed by atoms with Crippen molar-refractivity contribution >= 4 is 29.9 Å². The molecule has 1 amide bonds. The fourth-order valence-electron chi connectivity index (χ4n) is 1.98. The predicted molar refractivity (Wildman–Crippen MR) is 82.0 cm³/mol. The number of halogens is 1. The number of amides is 1. The van der Waals surface area contributed by atoms with Crippen molar-refractivity contribution in [1.82, 2.24) is 0 Å². The molecular weight excluding hydrogens is 306 g/mol. The number of nitrogens with zero attached hydrogens (tertiary/aromatic N) is 1. The van der Waals surface area contributed by atoms with Gasteiger partial charge in [0.1, 0.15) is 5.82 Å². The third-order valence-corrected chi connectivity index (χ3v) is 3.14. The average Bonchev–Trinajstić information content (AvgIpc) is 2.48. The van der Waals surface area contributed by atoms with E-state index in [1.807, 2.05) is 0 Å². The zero-order chi connectivity index (χ0) is 17.1. The lowest BCUT2D eigenvalue weighted by Gasteiger charge is -2.08. The predicted octanol–water partition coefficient (Wildman–Crippen LogP) is 0.974. The van der Waals surface area contributed by atoms with E-state index in [9.17, 15) is 19.3 Å². The van der Waals surface area contributed by atoms with Crippen molar-refractivity contribution in [3.63, 3.8) is 0 Å². The largest absolute Gasteiger partial charge is 0.488 e. The van der Waals surface area contributed by atoms with Crippen LogP contribution in [0, 0.1) is 22.9 Å². The Morgan fingerprint density at radius 2 is 1.96 bits per heavy atom. The van der Waals surface area contributed by atoms with E-state index in [4.69, 9.17) is 10.0 Å². The monoisotopic (exact) mass is 318 g/mol. The molecule has 0 bridgehead atoms. The number of rotatable bonds is 4. The molecule has 0 aliphatic heterocycles.